The van der Waals surface area contributed by atoms with E-state index >= 15 is 0 Å². The molecule has 2 aliphatic heterocycles. The van der Waals surface area contributed by atoms with Gasteiger partial charge in [-0.3, -0.25) is 19.2 Å². The minimum Gasteiger partial charge on any atom is -0.497 e. The lowest BCUT2D eigenvalue weighted by atomic mass is 10.0. The Kier molecular flexibility index (Phi) is 19.9. The number of anilines is 4. The minimum atomic E-state index is -4.49. The standard InChI is InChI=1S/C30H32ClF3N2O5S.C26H24ClF3N2O5S/c1-29(2,3)41-26(37)6-5-13-40-22-15-20(14-21(16-22)39-4)35-27(18-7-9-19(31)10-8-18)28(38)36-12-11-24-23(36)17-25(42-24)30(32,33)34;1-36-18-11-17(12-19(13-18)37-10-2-3-23(33)34)31-24(15-4-6-16(27)7-5-15)25(35)32-9-8-21-20(32)14-22(38-21)26(28,29)30/h7-10,14-17,27,35H,5-6,11-13H2,1-4H3;4-7,11-14,24,31H,2-3,8-10H2,1H3,(H,33,34). The molecule has 0 radical (unpaired) electrons. The van der Waals surface area contributed by atoms with E-state index in [0.29, 0.717) is 114 Å². The Morgan fingerprint density at radius 1 is 0.600 bits per heavy atom. The van der Waals surface area contributed by atoms with Crippen molar-refractivity contribution in [2.24, 2.45) is 0 Å². The Morgan fingerprint density at radius 3 is 1.35 bits per heavy atom. The Balaban J connectivity index is 0.000000232. The highest BCUT2D eigenvalue weighted by molar-refractivity contribution is 7.13. The maximum Gasteiger partial charge on any atom is 0.425 e. The molecule has 0 saturated heterocycles. The summed E-state index contributed by atoms with van der Waals surface area (Å²) in [6.45, 7) is 6.34. The van der Waals surface area contributed by atoms with Crippen LogP contribution in [-0.2, 0) is 49.1 Å². The van der Waals surface area contributed by atoms with Crippen LogP contribution in [0.25, 0.3) is 0 Å². The number of carbonyl (C=O) groups excluding carboxylic acids is 3. The summed E-state index contributed by atoms with van der Waals surface area (Å²) in [4.78, 5) is 52.8. The van der Waals surface area contributed by atoms with Gasteiger partial charge in [0.05, 0.1) is 38.8 Å². The molecule has 24 heteroatoms. The number of amides is 2. The van der Waals surface area contributed by atoms with E-state index in [1.54, 1.807) is 106 Å². The average molecular weight is 1190 g/mol. The third-order valence-corrected chi connectivity index (χ3v) is 15.1. The second kappa shape index (κ2) is 26.1. The Labute approximate surface area is 475 Å². The van der Waals surface area contributed by atoms with Gasteiger partial charge in [-0.25, -0.2) is 0 Å². The quantitative estimate of drug-likeness (QED) is 0.0377. The number of esters is 1. The van der Waals surface area contributed by atoms with Crippen LogP contribution in [0.5, 0.6) is 23.0 Å². The van der Waals surface area contributed by atoms with Gasteiger partial charge in [0.2, 0.25) is 0 Å². The van der Waals surface area contributed by atoms with E-state index in [1.165, 1.54) is 24.0 Å². The van der Waals surface area contributed by atoms with Crippen molar-refractivity contribution in [2.45, 2.75) is 89.3 Å². The number of carboxylic acids is 1. The Morgan fingerprint density at radius 2 is 0.988 bits per heavy atom. The van der Waals surface area contributed by atoms with E-state index in [0.717, 1.165) is 12.1 Å². The number of nitrogens with one attached hydrogen (secondary N) is 2. The fourth-order valence-electron chi connectivity index (χ4n) is 8.51. The molecule has 2 aliphatic rings. The number of benzene rings is 4. The highest BCUT2D eigenvalue weighted by atomic mass is 35.5. The zero-order valence-corrected chi connectivity index (χ0v) is 47.0. The van der Waals surface area contributed by atoms with Crippen molar-refractivity contribution in [1.82, 2.24) is 0 Å². The molecule has 0 bridgehead atoms. The lowest BCUT2D eigenvalue weighted by molar-refractivity contribution is -0.155. The smallest absolute Gasteiger partial charge is 0.425 e. The number of carbonyl (C=O) groups is 4. The van der Waals surface area contributed by atoms with Crippen LogP contribution in [0.15, 0.2) is 97.1 Å². The van der Waals surface area contributed by atoms with Gasteiger partial charge in [-0.1, -0.05) is 47.5 Å². The maximum atomic E-state index is 13.9. The zero-order chi connectivity index (χ0) is 58.1. The molecule has 0 fully saturated rings. The van der Waals surface area contributed by atoms with Crippen LogP contribution in [0.2, 0.25) is 10.0 Å². The Bertz CT molecular complexity index is 3150. The number of rotatable bonds is 20. The van der Waals surface area contributed by atoms with Crippen molar-refractivity contribution in [3.8, 4) is 23.0 Å². The molecule has 0 aliphatic carbocycles. The molecule has 2 atom stereocenters. The van der Waals surface area contributed by atoms with Gasteiger partial charge >= 0.3 is 24.3 Å². The van der Waals surface area contributed by atoms with Gasteiger partial charge in [0.25, 0.3) is 11.8 Å². The number of thiophene rings is 2. The van der Waals surface area contributed by atoms with Crippen molar-refractivity contribution in [2.75, 3.05) is 61.0 Å². The number of aliphatic carboxylic acids is 1. The summed E-state index contributed by atoms with van der Waals surface area (Å²) in [6, 6.07) is 23.4. The monoisotopic (exact) mass is 1190 g/mol. The second-order valence-corrected chi connectivity index (χ2v) is 22.4. The number of fused-ring (bicyclic) bond motifs is 2. The zero-order valence-electron chi connectivity index (χ0n) is 43.8. The van der Waals surface area contributed by atoms with Crippen molar-refractivity contribution in [1.29, 1.82) is 0 Å². The molecule has 2 amide bonds. The summed E-state index contributed by atoms with van der Waals surface area (Å²) >= 11 is 13.5. The van der Waals surface area contributed by atoms with Crippen molar-refractivity contribution >= 4 is 92.4 Å². The molecular weight excluding hydrogens is 1140 g/mol. The van der Waals surface area contributed by atoms with E-state index < -0.39 is 57.6 Å². The molecule has 0 saturated carbocycles. The summed E-state index contributed by atoms with van der Waals surface area (Å²) in [5, 5.41) is 16.2. The largest absolute Gasteiger partial charge is 0.497 e. The van der Waals surface area contributed by atoms with Crippen LogP contribution >= 0.6 is 45.9 Å². The fourth-order valence-corrected chi connectivity index (χ4v) is 10.8. The molecule has 0 spiro atoms. The van der Waals surface area contributed by atoms with Crippen LogP contribution in [0.4, 0.5) is 49.1 Å². The van der Waals surface area contributed by atoms with Gasteiger partial charge in [0.1, 0.15) is 50.4 Å². The maximum absolute atomic E-state index is 13.9. The number of hydrogen-bond donors (Lipinski definition) is 3. The van der Waals surface area contributed by atoms with Gasteiger partial charge in [0, 0.05) is 106 Å². The van der Waals surface area contributed by atoms with Gasteiger partial charge in [0.15, 0.2) is 0 Å². The topological polar surface area (TPSA) is 165 Å². The number of halogens is 8. The molecule has 4 aromatic carbocycles. The SMILES string of the molecule is COc1cc(NC(C(=O)N2CCc3sc(C(F)(F)F)cc32)c2ccc(Cl)cc2)cc(OCCCC(=O)O)c1.COc1cc(NC(C(=O)N2CCc3sc(C(F)(F)F)cc32)c2ccc(Cl)cc2)cc(OCCCC(=O)OC(C)(C)C)c1. The van der Waals surface area contributed by atoms with Crippen LogP contribution < -0.4 is 39.4 Å². The minimum absolute atomic E-state index is 0.0430. The van der Waals surface area contributed by atoms with Crippen LogP contribution in [0, 0.1) is 0 Å². The van der Waals surface area contributed by atoms with E-state index in [1.807, 2.05) is 0 Å². The molecule has 2 aromatic heterocycles. The summed E-state index contributed by atoms with van der Waals surface area (Å²) in [6.07, 6.45) is -7.41. The summed E-state index contributed by atoms with van der Waals surface area (Å²) in [5.41, 5.74) is 2.07. The Hall–Kier alpha value is -6.88. The van der Waals surface area contributed by atoms with Gasteiger partial charge in [-0.2, -0.15) is 26.3 Å². The number of methoxy groups -OCH3 is 2. The normalized spacial score (nSPS) is 13.8. The number of ether oxygens (including phenoxy) is 5. The second-order valence-electron chi connectivity index (χ2n) is 19.2. The molecule has 14 nitrogen and oxygen atoms in total. The molecule has 4 heterocycles. The van der Waals surface area contributed by atoms with Gasteiger partial charge in [-0.05, 0) is 81.1 Å². The highest BCUT2D eigenvalue weighted by Gasteiger charge is 2.41. The van der Waals surface area contributed by atoms with Crippen LogP contribution in [0.1, 0.15) is 89.2 Å². The van der Waals surface area contributed by atoms with Crippen molar-refractivity contribution in [3.63, 3.8) is 0 Å². The molecule has 2 unspecified atom stereocenters. The average Bonchev–Trinajstić information content (AvgIpc) is 4.26. The van der Waals surface area contributed by atoms with Crippen molar-refractivity contribution < 1.29 is 74.3 Å². The molecule has 3 N–H and O–H groups in total. The van der Waals surface area contributed by atoms with Gasteiger partial charge in [-0.15, -0.1) is 22.7 Å². The first-order chi connectivity index (χ1) is 37.8. The predicted octanol–water partition coefficient (Wildman–Crippen LogP) is 14.1. The molecule has 428 valence electrons. The van der Waals surface area contributed by atoms with E-state index in [2.05, 4.69) is 10.6 Å². The summed E-state index contributed by atoms with van der Waals surface area (Å²) in [7, 11) is 2.96. The highest BCUT2D eigenvalue weighted by Crippen LogP contribution is 2.46. The summed E-state index contributed by atoms with van der Waals surface area (Å²) in [5.74, 6) is -0.350. The van der Waals surface area contributed by atoms with Crippen molar-refractivity contribution in [3.05, 3.63) is 138 Å². The fraction of sp³-hybridized carbons (Fsp3) is 0.357. The van der Waals surface area contributed by atoms with Crippen LogP contribution in [0.3, 0.4) is 0 Å². The van der Waals surface area contributed by atoms with Crippen LogP contribution in [-0.4, -0.2) is 75.0 Å². The lowest BCUT2D eigenvalue weighted by Crippen LogP contribution is -2.37. The number of nitrogens with zero attached hydrogens (tertiary/aromatic N) is 2. The molecular formula is C56H56Cl2F6N4O10S2. The first-order valence-corrected chi connectivity index (χ1v) is 27.3. The first kappa shape index (κ1) is 60.8. The molecule has 80 heavy (non-hydrogen) atoms. The first-order valence-electron chi connectivity index (χ1n) is 24.9. The van der Waals surface area contributed by atoms with E-state index in [4.69, 9.17) is 52.0 Å². The molecule has 8 rings (SSSR count). The summed E-state index contributed by atoms with van der Waals surface area (Å²) < 4.78 is 108. The number of hydrogen-bond acceptors (Lipinski definition) is 13. The third-order valence-electron chi connectivity index (χ3n) is 12.1. The number of alkyl halides is 6. The van der Waals surface area contributed by atoms with Gasteiger partial charge < -0.3 is 49.2 Å². The van der Waals surface area contributed by atoms with E-state index in [9.17, 15) is 45.5 Å². The van der Waals surface area contributed by atoms with E-state index in [-0.39, 0.29) is 56.5 Å². The number of carboxylic acid groups (broad SMARTS) is 1. The lowest BCUT2D eigenvalue weighted by Gasteiger charge is -2.26. The predicted molar refractivity (Wildman–Crippen MR) is 295 cm³/mol. The molecule has 6 aromatic rings. The third kappa shape index (κ3) is 16.4.